The van der Waals surface area contributed by atoms with E-state index in [0.717, 1.165) is 0 Å². The number of rotatable bonds is 5. The fourth-order valence-corrected chi connectivity index (χ4v) is 1.60. The standard InChI is InChI=1S/C10H13BrN2O4/c1-3-16-7(14)5-17-10-8(12)9(15-2)6(11)4-13-10/h4H,3,5,12H2,1-2H3. The first kappa shape index (κ1) is 13.6. The molecule has 0 radical (unpaired) electrons. The zero-order valence-electron chi connectivity index (χ0n) is 9.53. The van der Waals surface area contributed by atoms with Crippen molar-refractivity contribution in [3.8, 4) is 11.6 Å². The van der Waals surface area contributed by atoms with E-state index < -0.39 is 5.97 Å². The number of nitrogen functional groups attached to an aromatic ring is 1. The summed E-state index contributed by atoms with van der Waals surface area (Å²) in [5.74, 6) is 0.0764. The number of carbonyl (C=O) groups excluding carboxylic acids is 1. The van der Waals surface area contributed by atoms with Gasteiger partial charge in [0.15, 0.2) is 12.4 Å². The fourth-order valence-electron chi connectivity index (χ4n) is 1.12. The Bertz CT molecular complexity index is 412. The molecule has 94 valence electrons. The molecule has 0 aromatic carbocycles. The number of methoxy groups -OCH3 is 1. The third kappa shape index (κ3) is 3.48. The van der Waals surface area contributed by atoms with Gasteiger partial charge in [0.05, 0.1) is 18.2 Å². The van der Waals surface area contributed by atoms with Crippen LogP contribution in [0, 0.1) is 0 Å². The Morgan fingerprint density at radius 2 is 2.29 bits per heavy atom. The van der Waals surface area contributed by atoms with E-state index in [2.05, 4.69) is 20.9 Å². The SMILES string of the molecule is CCOC(=O)COc1ncc(Br)c(OC)c1N. The number of anilines is 1. The van der Waals surface area contributed by atoms with Gasteiger partial charge in [-0.25, -0.2) is 9.78 Å². The Morgan fingerprint density at radius 3 is 2.88 bits per heavy atom. The van der Waals surface area contributed by atoms with Crippen LogP contribution in [0.2, 0.25) is 0 Å². The summed E-state index contributed by atoms with van der Waals surface area (Å²) in [4.78, 5) is 15.0. The van der Waals surface area contributed by atoms with Crippen molar-refractivity contribution in [3.05, 3.63) is 10.7 Å². The minimum absolute atomic E-state index is 0.137. The van der Waals surface area contributed by atoms with Crippen LogP contribution in [-0.2, 0) is 9.53 Å². The monoisotopic (exact) mass is 304 g/mol. The van der Waals surface area contributed by atoms with Crippen molar-refractivity contribution < 1.29 is 19.0 Å². The molecule has 1 heterocycles. The predicted octanol–water partition coefficient (Wildman–Crippen LogP) is 1.38. The summed E-state index contributed by atoms with van der Waals surface area (Å²) in [6, 6.07) is 0. The third-order valence-electron chi connectivity index (χ3n) is 1.82. The molecule has 0 saturated heterocycles. The number of nitrogens with two attached hydrogens (primary N) is 1. The number of pyridine rings is 1. The summed E-state index contributed by atoms with van der Waals surface area (Å²) in [6.45, 7) is 1.78. The number of hydrogen-bond acceptors (Lipinski definition) is 6. The number of carbonyl (C=O) groups is 1. The number of hydrogen-bond donors (Lipinski definition) is 1. The normalized spacial score (nSPS) is 9.82. The van der Waals surface area contributed by atoms with E-state index in [1.165, 1.54) is 13.3 Å². The molecular formula is C10H13BrN2O4. The third-order valence-corrected chi connectivity index (χ3v) is 2.39. The van der Waals surface area contributed by atoms with Gasteiger partial charge in [-0.1, -0.05) is 0 Å². The van der Waals surface area contributed by atoms with Crippen LogP contribution in [0.4, 0.5) is 5.69 Å². The van der Waals surface area contributed by atoms with Gasteiger partial charge >= 0.3 is 5.97 Å². The molecule has 0 spiro atoms. The lowest BCUT2D eigenvalue weighted by Gasteiger charge is -2.11. The lowest BCUT2D eigenvalue weighted by Crippen LogP contribution is -2.16. The molecule has 17 heavy (non-hydrogen) atoms. The zero-order valence-corrected chi connectivity index (χ0v) is 11.1. The number of esters is 1. The van der Waals surface area contributed by atoms with Gasteiger partial charge < -0.3 is 19.9 Å². The molecule has 2 N–H and O–H groups in total. The second kappa shape index (κ2) is 6.29. The molecule has 0 aliphatic rings. The molecule has 0 aliphatic carbocycles. The van der Waals surface area contributed by atoms with Crippen molar-refractivity contribution in [2.24, 2.45) is 0 Å². The van der Waals surface area contributed by atoms with Crippen molar-refractivity contribution in [3.63, 3.8) is 0 Å². The molecule has 0 amide bonds. The summed E-state index contributed by atoms with van der Waals surface area (Å²) in [5, 5.41) is 0. The Labute approximate surface area is 107 Å². The zero-order chi connectivity index (χ0) is 12.8. The number of halogens is 1. The Morgan fingerprint density at radius 1 is 1.59 bits per heavy atom. The molecule has 0 bridgehead atoms. The van der Waals surface area contributed by atoms with Crippen LogP contribution >= 0.6 is 15.9 Å². The predicted molar refractivity (Wildman–Crippen MR) is 65.0 cm³/mol. The Balaban J connectivity index is 2.75. The maximum Gasteiger partial charge on any atom is 0.344 e. The molecule has 1 aromatic rings. The topological polar surface area (TPSA) is 83.7 Å². The van der Waals surface area contributed by atoms with Gasteiger partial charge in [-0.15, -0.1) is 0 Å². The molecule has 0 fully saturated rings. The molecule has 6 nitrogen and oxygen atoms in total. The first-order chi connectivity index (χ1) is 8.10. The lowest BCUT2D eigenvalue weighted by molar-refractivity contribution is -0.145. The second-order valence-corrected chi connectivity index (χ2v) is 3.81. The number of ether oxygens (including phenoxy) is 3. The molecule has 0 saturated carbocycles. The highest BCUT2D eigenvalue weighted by molar-refractivity contribution is 9.10. The van der Waals surface area contributed by atoms with E-state index in [-0.39, 0.29) is 18.2 Å². The van der Waals surface area contributed by atoms with Crippen LogP contribution in [0.3, 0.4) is 0 Å². The average Bonchev–Trinajstić information content (AvgIpc) is 2.29. The largest absolute Gasteiger partial charge is 0.493 e. The minimum atomic E-state index is -0.476. The van der Waals surface area contributed by atoms with Crippen LogP contribution in [0.5, 0.6) is 11.6 Å². The first-order valence-corrected chi connectivity index (χ1v) is 5.65. The number of nitrogens with zero attached hydrogens (tertiary/aromatic N) is 1. The van der Waals surface area contributed by atoms with Crippen molar-refractivity contribution in [2.45, 2.75) is 6.92 Å². The summed E-state index contributed by atoms with van der Waals surface area (Å²) >= 11 is 3.23. The summed E-state index contributed by atoms with van der Waals surface area (Å²) in [7, 11) is 1.48. The molecule has 0 atom stereocenters. The Kier molecular flexibility index (Phi) is 5.02. The van der Waals surface area contributed by atoms with Gasteiger partial charge in [-0.2, -0.15) is 0 Å². The van der Waals surface area contributed by atoms with Crippen LogP contribution in [0.15, 0.2) is 10.7 Å². The van der Waals surface area contributed by atoms with Crippen molar-refractivity contribution in [1.29, 1.82) is 0 Å². The van der Waals surface area contributed by atoms with Gasteiger partial charge in [0.1, 0.15) is 5.69 Å². The summed E-state index contributed by atoms with van der Waals surface area (Å²) < 4.78 is 15.5. The second-order valence-electron chi connectivity index (χ2n) is 2.95. The lowest BCUT2D eigenvalue weighted by atomic mass is 10.4. The van der Waals surface area contributed by atoms with E-state index >= 15 is 0 Å². The van der Waals surface area contributed by atoms with Crippen molar-refractivity contribution >= 4 is 27.6 Å². The fraction of sp³-hybridized carbons (Fsp3) is 0.400. The van der Waals surface area contributed by atoms with E-state index in [9.17, 15) is 4.79 Å². The minimum Gasteiger partial charge on any atom is -0.493 e. The molecule has 1 aromatic heterocycles. The highest BCUT2D eigenvalue weighted by Crippen LogP contribution is 2.35. The van der Waals surface area contributed by atoms with E-state index in [4.69, 9.17) is 19.9 Å². The van der Waals surface area contributed by atoms with Crippen molar-refractivity contribution in [1.82, 2.24) is 4.98 Å². The summed E-state index contributed by atoms with van der Waals surface area (Å²) in [5.41, 5.74) is 5.99. The summed E-state index contributed by atoms with van der Waals surface area (Å²) in [6.07, 6.45) is 1.48. The molecular weight excluding hydrogens is 292 g/mol. The van der Waals surface area contributed by atoms with E-state index in [0.29, 0.717) is 16.8 Å². The van der Waals surface area contributed by atoms with Gasteiger partial charge in [-0.05, 0) is 22.9 Å². The van der Waals surface area contributed by atoms with Crippen LogP contribution < -0.4 is 15.2 Å². The van der Waals surface area contributed by atoms with Crippen LogP contribution in [0.25, 0.3) is 0 Å². The van der Waals surface area contributed by atoms with Crippen molar-refractivity contribution in [2.75, 3.05) is 26.1 Å². The van der Waals surface area contributed by atoms with E-state index in [1.807, 2.05) is 0 Å². The quantitative estimate of drug-likeness (QED) is 0.827. The highest BCUT2D eigenvalue weighted by Gasteiger charge is 2.14. The Hall–Kier alpha value is -1.50. The average molecular weight is 305 g/mol. The molecule has 0 aliphatic heterocycles. The maximum absolute atomic E-state index is 11.1. The van der Waals surface area contributed by atoms with Gasteiger partial charge in [0.25, 0.3) is 0 Å². The van der Waals surface area contributed by atoms with Gasteiger partial charge in [0, 0.05) is 6.20 Å². The molecule has 1 rings (SSSR count). The van der Waals surface area contributed by atoms with Gasteiger partial charge in [0.2, 0.25) is 5.88 Å². The smallest absolute Gasteiger partial charge is 0.344 e. The first-order valence-electron chi connectivity index (χ1n) is 4.86. The van der Waals surface area contributed by atoms with Crippen LogP contribution in [-0.4, -0.2) is 31.3 Å². The highest BCUT2D eigenvalue weighted by atomic mass is 79.9. The number of aromatic nitrogens is 1. The molecule has 7 heteroatoms. The van der Waals surface area contributed by atoms with Gasteiger partial charge in [-0.3, -0.25) is 0 Å². The molecule has 0 unspecified atom stereocenters. The van der Waals surface area contributed by atoms with E-state index in [1.54, 1.807) is 6.92 Å². The maximum atomic E-state index is 11.1. The van der Waals surface area contributed by atoms with Crippen LogP contribution in [0.1, 0.15) is 6.92 Å².